The Morgan fingerprint density at radius 2 is 2.00 bits per heavy atom. The minimum atomic E-state index is 0.493. The van der Waals surface area contributed by atoms with Gasteiger partial charge in [0, 0.05) is 6.61 Å². The van der Waals surface area contributed by atoms with E-state index in [1.54, 1.807) is 0 Å². The normalized spacial score (nSPS) is 21.9. The number of benzene rings is 1. The molecule has 1 aliphatic heterocycles. The van der Waals surface area contributed by atoms with E-state index in [2.05, 4.69) is 31.2 Å². The van der Waals surface area contributed by atoms with Crippen molar-refractivity contribution in [3.63, 3.8) is 0 Å². The van der Waals surface area contributed by atoms with Crippen LogP contribution in [0.3, 0.4) is 0 Å². The minimum Gasteiger partial charge on any atom is -0.378 e. The first-order valence-electron chi connectivity index (χ1n) is 4.52. The van der Waals surface area contributed by atoms with E-state index in [-0.39, 0.29) is 0 Å². The Balaban J connectivity index is 1.98. The summed E-state index contributed by atoms with van der Waals surface area (Å²) in [5.74, 6) is 0. The fourth-order valence-electron chi connectivity index (χ4n) is 1.43. The third-order valence-electron chi connectivity index (χ3n) is 2.38. The summed E-state index contributed by atoms with van der Waals surface area (Å²) in [5, 5.41) is 0. The molecule has 0 saturated carbocycles. The van der Waals surface area contributed by atoms with Crippen molar-refractivity contribution in [3.05, 3.63) is 35.4 Å². The Labute approximate surface area is 73.4 Å². The van der Waals surface area contributed by atoms with E-state index in [4.69, 9.17) is 4.74 Å². The first-order chi connectivity index (χ1) is 5.84. The largest absolute Gasteiger partial charge is 0.378 e. The first-order valence-corrected chi connectivity index (χ1v) is 4.52. The molecule has 0 unspecified atom stereocenters. The van der Waals surface area contributed by atoms with Crippen LogP contribution in [0.4, 0.5) is 0 Å². The number of aryl methyl sites for hydroxylation is 1. The third kappa shape index (κ3) is 1.67. The fraction of sp³-hybridized carbons (Fsp3) is 0.455. The van der Waals surface area contributed by atoms with Crippen LogP contribution in [-0.2, 0) is 11.2 Å². The summed E-state index contributed by atoms with van der Waals surface area (Å²) in [6, 6.07) is 8.70. The highest BCUT2D eigenvalue weighted by molar-refractivity contribution is 5.21. The number of hydrogen-bond acceptors (Lipinski definition) is 1. The van der Waals surface area contributed by atoms with Gasteiger partial charge in [-0.25, -0.2) is 0 Å². The fourth-order valence-corrected chi connectivity index (χ4v) is 1.43. The maximum Gasteiger partial charge on any atom is 0.0637 e. The predicted molar refractivity (Wildman–Crippen MR) is 49.2 cm³/mol. The topological polar surface area (TPSA) is 9.23 Å². The van der Waals surface area contributed by atoms with Crippen molar-refractivity contribution in [3.8, 4) is 0 Å². The molecule has 1 fully saturated rings. The highest BCUT2D eigenvalue weighted by Gasteiger charge is 2.17. The van der Waals surface area contributed by atoms with Crippen LogP contribution in [0.5, 0.6) is 0 Å². The van der Waals surface area contributed by atoms with Crippen molar-refractivity contribution < 1.29 is 4.74 Å². The molecule has 0 spiro atoms. The Morgan fingerprint density at radius 3 is 2.50 bits per heavy atom. The van der Waals surface area contributed by atoms with Crippen molar-refractivity contribution in [2.45, 2.75) is 25.9 Å². The van der Waals surface area contributed by atoms with Gasteiger partial charge in [0.1, 0.15) is 0 Å². The Hall–Kier alpha value is -0.820. The van der Waals surface area contributed by atoms with Gasteiger partial charge in [0.05, 0.1) is 6.10 Å². The predicted octanol–water partition coefficient (Wildman–Crippen LogP) is 2.33. The molecule has 0 aromatic heterocycles. The highest BCUT2D eigenvalue weighted by atomic mass is 16.5. The third-order valence-corrected chi connectivity index (χ3v) is 2.38. The van der Waals surface area contributed by atoms with Crippen LogP contribution in [0, 0.1) is 6.92 Å². The number of hydrogen-bond donors (Lipinski definition) is 0. The average molecular weight is 162 g/mol. The Morgan fingerprint density at radius 1 is 1.33 bits per heavy atom. The molecule has 0 radical (unpaired) electrons. The SMILES string of the molecule is Cc1ccc(C[C@H]2CCO2)cc1. The zero-order valence-corrected chi connectivity index (χ0v) is 7.42. The summed E-state index contributed by atoms with van der Waals surface area (Å²) < 4.78 is 5.36. The molecule has 1 heteroatoms. The van der Waals surface area contributed by atoms with Crippen LogP contribution in [0.2, 0.25) is 0 Å². The van der Waals surface area contributed by atoms with Gasteiger partial charge >= 0.3 is 0 Å². The van der Waals surface area contributed by atoms with E-state index >= 15 is 0 Å². The molecule has 12 heavy (non-hydrogen) atoms. The van der Waals surface area contributed by atoms with Gasteiger partial charge in [0.2, 0.25) is 0 Å². The Bertz CT molecular complexity index is 246. The molecule has 1 aliphatic rings. The van der Waals surface area contributed by atoms with Crippen LogP contribution in [0.1, 0.15) is 17.5 Å². The van der Waals surface area contributed by atoms with Crippen LogP contribution >= 0.6 is 0 Å². The van der Waals surface area contributed by atoms with E-state index in [0.29, 0.717) is 6.10 Å². The second kappa shape index (κ2) is 3.28. The molecular weight excluding hydrogens is 148 g/mol. The number of ether oxygens (including phenoxy) is 1. The monoisotopic (exact) mass is 162 g/mol. The molecule has 0 N–H and O–H groups in total. The van der Waals surface area contributed by atoms with Gasteiger partial charge in [-0.1, -0.05) is 29.8 Å². The lowest BCUT2D eigenvalue weighted by atomic mass is 10.0. The molecule has 0 aliphatic carbocycles. The quantitative estimate of drug-likeness (QED) is 0.648. The molecule has 1 aromatic rings. The first kappa shape index (κ1) is 7.81. The molecular formula is C11H14O. The summed E-state index contributed by atoms with van der Waals surface area (Å²) in [7, 11) is 0. The second-order valence-corrected chi connectivity index (χ2v) is 3.47. The molecule has 64 valence electrons. The lowest BCUT2D eigenvalue weighted by molar-refractivity contribution is -0.0491. The van der Waals surface area contributed by atoms with Crippen molar-refractivity contribution in [2.24, 2.45) is 0 Å². The molecule has 1 aromatic carbocycles. The van der Waals surface area contributed by atoms with Gasteiger partial charge in [-0.3, -0.25) is 0 Å². The van der Waals surface area contributed by atoms with E-state index in [9.17, 15) is 0 Å². The van der Waals surface area contributed by atoms with Crippen molar-refractivity contribution in [2.75, 3.05) is 6.61 Å². The lowest BCUT2D eigenvalue weighted by Gasteiger charge is -2.26. The van der Waals surface area contributed by atoms with Gasteiger partial charge in [0.25, 0.3) is 0 Å². The van der Waals surface area contributed by atoms with Crippen LogP contribution in [0.15, 0.2) is 24.3 Å². The summed E-state index contributed by atoms with van der Waals surface area (Å²) in [6.07, 6.45) is 2.81. The zero-order valence-electron chi connectivity index (χ0n) is 7.42. The van der Waals surface area contributed by atoms with E-state index in [1.807, 2.05) is 0 Å². The summed E-state index contributed by atoms with van der Waals surface area (Å²) >= 11 is 0. The molecule has 1 atom stereocenters. The van der Waals surface area contributed by atoms with E-state index < -0.39 is 0 Å². The van der Waals surface area contributed by atoms with Gasteiger partial charge < -0.3 is 4.74 Å². The van der Waals surface area contributed by atoms with Crippen LogP contribution in [0.25, 0.3) is 0 Å². The second-order valence-electron chi connectivity index (χ2n) is 3.47. The van der Waals surface area contributed by atoms with Crippen molar-refractivity contribution >= 4 is 0 Å². The lowest BCUT2D eigenvalue weighted by Crippen LogP contribution is -2.28. The maximum atomic E-state index is 5.36. The van der Waals surface area contributed by atoms with Crippen LogP contribution < -0.4 is 0 Å². The Kier molecular flexibility index (Phi) is 2.13. The number of rotatable bonds is 2. The molecule has 1 nitrogen and oxygen atoms in total. The summed E-state index contributed by atoms with van der Waals surface area (Å²) in [4.78, 5) is 0. The molecule has 0 amide bonds. The average Bonchev–Trinajstić information content (AvgIpc) is 2.00. The molecule has 2 rings (SSSR count). The smallest absolute Gasteiger partial charge is 0.0637 e. The molecule has 1 heterocycles. The van der Waals surface area contributed by atoms with Crippen molar-refractivity contribution in [1.82, 2.24) is 0 Å². The van der Waals surface area contributed by atoms with Gasteiger partial charge in [-0.05, 0) is 25.3 Å². The van der Waals surface area contributed by atoms with Gasteiger partial charge in [-0.2, -0.15) is 0 Å². The standard InChI is InChI=1S/C11H14O/c1-9-2-4-10(5-3-9)8-11-6-7-12-11/h2-5,11H,6-8H2,1H3/t11-/m1/s1. The zero-order chi connectivity index (χ0) is 8.39. The summed E-state index contributed by atoms with van der Waals surface area (Å²) in [5.41, 5.74) is 2.72. The maximum absolute atomic E-state index is 5.36. The summed E-state index contributed by atoms with van der Waals surface area (Å²) in [6.45, 7) is 3.07. The minimum absolute atomic E-state index is 0.493. The van der Waals surface area contributed by atoms with Crippen molar-refractivity contribution in [1.29, 1.82) is 0 Å². The van der Waals surface area contributed by atoms with Gasteiger partial charge in [-0.15, -0.1) is 0 Å². The highest BCUT2D eigenvalue weighted by Crippen LogP contribution is 2.16. The van der Waals surface area contributed by atoms with E-state index in [1.165, 1.54) is 17.5 Å². The van der Waals surface area contributed by atoms with Crippen LogP contribution in [-0.4, -0.2) is 12.7 Å². The van der Waals surface area contributed by atoms with E-state index in [0.717, 1.165) is 13.0 Å². The molecule has 0 bridgehead atoms. The molecule has 1 saturated heterocycles. The van der Waals surface area contributed by atoms with Gasteiger partial charge in [0.15, 0.2) is 0 Å².